The molecule has 2 heterocycles. The molecule has 2 aliphatic rings. The zero-order valence-corrected chi connectivity index (χ0v) is 10.9. The lowest BCUT2D eigenvalue weighted by atomic mass is 9.80. The summed E-state index contributed by atoms with van der Waals surface area (Å²) in [6.45, 7) is 0. The molecule has 0 saturated carbocycles. The second kappa shape index (κ2) is 4.29. The highest BCUT2D eigenvalue weighted by Crippen LogP contribution is 2.45. The lowest BCUT2D eigenvalue weighted by molar-refractivity contribution is -0.0515. The predicted octanol–water partition coefficient (Wildman–Crippen LogP) is 2.14. The highest BCUT2D eigenvalue weighted by Gasteiger charge is 2.47. The van der Waals surface area contributed by atoms with Crippen molar-refractivity contribution in [2.45, 2.75) is 43.4 Å². The molecule has 1 aromatic rings. The van der Waals surface area contributed by atoms with Gasteiger partial charge >= 0.3 is 0 Å². The Bertz CT molecular complexity index is 538. The van der Waals surface area contributed by atoms with Crippen LogP contribution in [0.3, 0.4) is 0 Å². The molecule has 3 rings (SSSR count). The minimum Gasteiger partial charge on any atom is -0.385 e. The highest BCUT2D eigenvalue weighted by atomic mass is 19.1. The van der Waals surface area contributed by atoms with Gasteiger partial charge in [0.05, 0.1) is 17.2 Å². The van der Waals surface area contributed by atoms with Gasteiger partial charge in [0.1, 0.15) is 5.82 Å². The maximum Gasteiger partial charge on any atom is 0.129 e. The van der Waals surface area contributed by atoms with Crippen LogP contribution in [0.2, 0.25) is 0 Å². The summed E-state index contributed by atoms with van der Waals surface area (Å²) < 4.78 is 14.0. The number of nitriles is 1. The van der Waals surface area contributed by atoms with Crippen LogP contribution in [0.4, 0.5) is 4.39 Å². The number of rotatable bonds is 1. The Hall–Kier alpha value is -1.44. The number of aliphatic hydroxyl groups is 1. The molecule has 19 heavy (non-hydrogen) atoms. The van der Waals surface area contributed by atoms with Crippen molar-refractivity contribution in [2.24, 2.45) is 0 Å². The molecule has 4 heteroatoms. The molecule has 0 aromatic heterocycles. The van der Waals surface area contributed by atoms with Crippen molar-refractivity contribution in [1.29, 1.82) is 5.26 Å². The molecule has 2 bridgehead atoms. The summed E-state index contributed by atoms with van der Waals surface area (Å²) >= 11 is 0. The van der Waals surface area contributed by atoms with Crippen LogP contribution >= 0.6 is 0 Å². The quantitative estimate of drug-likeness (QED) is 0.841. The molecule has 2 fully saturated rings. The fourth-order valence-electron chi connectivity index (χ4n) is 3.62. The summed E-state index contributed by atoms with van der Waals surface area (Å²) in [5.74, 6) is -0.412. The monoisotopic (exact) mass is 260 g/mol. The van der Waals surface area contributed by atoms with E-state index in [2.05, 4.69) is 11.9 Å². The van der Waals surface area contributed by atoms with Crippen molar-refractivity contribution in [3.05, 3.63) is 35.1 Å². The van der Waals surface area contributed by atoms with Gasteiger partial charge in [-0.2, -0.15) is 5.26 Å². The smallest absolute Gasteiger partial charge is 0.129 e. The molecule has 0 amide bonds. The van der Waals surface area contributed by atoms with Crippen LogP contribution in [0.1, 0.15) is 36.8 Å². The minimum atomic E-state index is -1.13. The third-order valence-electron chi connectivity index (χ3n) is 4.73. The molecule has 1 N–H and O–H groups in total. The molecule has 3 nitrogen and oxygen atoms in total. The van der Waals surface area contributed by atoms with E-state index in [1.807, 2.05) is 6.07 Å². The van der Waals surface area contributed by atoms with Gasteiger partial charge in [-0.25, -0.2) is 4.39 Å². The molecule has 2 atom stereocenters. The molecule has 0 radical (unpaired) electrons. The van der Waals surface area contributed by atoms with E-state index in [1.54, 1.807) is 0 Å². The number of nitrogens with zero attached hydrogens (tertiary/aromatic N) is 2. The van der Waals surface area contributed by atoms with Crippen LogP contribution in [0.5, 0.6) is 0 Å². The SMILES string of the molecule is CN1C2CCC1CC(O)(c1cc(C#N)ccc1F)C2. The van der Waals surface area contributed by atoms with Crippen molar-refractivity contribution in [2.75, 3.05) is 7.05 Å². The lowest BCUT2D eigenvalue weighted by Crippen LogP contribution is -2.48. The van der Waals surface area contributed by atoms with Crippen molar-refractivity contribution >= 4 is 0 Å². The lowest BCUT2D eigenvalue weighted by Gasteiger charge is -2.42. The Labute approximate surface area is 112 Å². The van der Waals surface area contributed by atoms with Gasteiger partial charge in [0.25, 0.3) is 0 Å². The average Bonchev–Trinajstić information content (AvgIpc) is 2.63. The van der Waals surface area contributed by atoms with Crippen LogP contribution in [0, 0.1) is 17.1 Å². The van der Waals surface area contributed by atoms with E-state index in [0.29, 0.717) is 30.5 Å². The van der Waals surface area contributed by atoms with Gasteiger partial charge < -0.3 is 10.0 Å². The Kier molecular flexibility index (Phi) is 2.84. The van der Waals surface area contributed by atoms with Crippen molar-refractivity contribution in [3.8, 4) is 6.07 Å². The second-order valence-electron chi connectivity index (χ2n) is 5.80. The molecule has 100 valence electrons. The molecule has 1 aromatic carbocycles. The first-order chi connectivity index (χ1) is 9.03. The van der Waals surface area contributed by atoms with Gasteiger partial charge in [-0.15, -0.1) is 0 Å². The number of hydrogen-bond acceptors (Lipinski definition) is 3. The summed E-state index contributed by atoms with van der Waals surface area (Å²) in [6, 6.07) is 6.87. The molecule has 0 spiro atoms. The number of piperidine rings is 1. The summed E-state index contributed by atoms with van der Waals surface area (Å²) in [5, 5.41) is 19.8. The predicted molar refractivity (Wildman–Crippen MR) is 68.8 cm³/mol. The second-order valence-corrected chi connectivity index (χ2v) is 5.80. The number of halogens is 1. The van der Waals surface area contributed by atoms with Gasteiger partial charge in [0, 0.05) is 17.6 Å². The zero-order valence-electron chi connectivity index (χ0n) is 10.9. The number of benzene rings is 1. The first-order valence-electron chi connectivity index (χ1n) is 6.68. The summed E-state index contributed by atoms with van der Waals surface area (Å²) in [4.78, 5) is 2.29. The van der Waals surface area contributed by atoms with Crippen LogP contribution in [-0.4, -0.2) is 29.1 Å². The molecule has 0 aliphatic carbocycles. The fourth-order valence-corrected chi connectivity index (χ4v) is 3.62. The van der Waals surface area contributed by atoms with Crippen LogP contribution in [0.15, 0.2) is 18.2 Å². The normalized spacial score (nSPS) is 34.2. The maximum absolute atomic E-state index is 14.0. The molecule has 2 saturated heterocycles. The van der Waals surface area contributed by atoms with Gasteiger partial charge in [0.2, 0.25) is 0 Å². The maximum atomic E-state index is 14.0. The Morgan fingerprint density at radius 1 is 1.37 bits per heavy atom. The van der Waals surface area contributed by atoms with E-state index >= 15 is 0 Å². The fraction of sp³-hybridized carbons (Fsp3) is 0.533. The van der Waals surface area contributed by atoms with Crippen LogP contribution < -0.4 is 0 Å². The Morgan fingerprint density at radius 2 is 2.00 bits per heavy atom. The topological polar surface area (TPSA) is 47.3 Å². The summed E-state index contributed by atoms with van der Waals surface area (Å²) in [7, 11) is 2.07. The largest absolute Gasteiger partial charge is 0.385 e. The van der Waals surface area contributed by atoms with Gasteiger partial charge in [-0.05, 0) is 50.9 Å². The standard InChI is InChI=1S/C15H17FN2O/c1-18-11-3-4-12(18)8-15(19,7-11)13-6-10(9-17)2-5-14(13)16/h2,5-6,11-12,19H,3-4,7-8H2,1H3. The number of hydrogen-bond donors (Lipinski definition) is 1. The van der Waals surface area contributed by atoms with E-state index in [1.165, 1.54) is 18.2 Å². The minimum absolute atomic E-state index is 0.288. The first-order valence-corrected chi connectivity index (χ1v) is 6.68. The molecular weight excluding hydrogens is 243 g/mol. The third kappa shape index (κ3) is 1.94. The molecule has 2 unspecified atom stereocenters. The van der Waals surface area contributed by atoms with Crippen LogP contribution in [-0.2, 0) is 5.60 Å². The highest BCUT2D eigenvalue weighted by molar-refractivity contribution is 5.37. The molecular formula is C15H17FN2O. The van der Waals surface area contributed by atoms with E-state index in [0.717, 1.165) is 12.8 Å². The van der Waals surface area contributed by atoms with E-state index < -0.39 is 11.4 Å². The van der Waals surface area contributed by atoms with E-state index in [4.69, 9.17) is 5.26 Å². The molecule has 2 aliphatic heterocycles. The van der Waals surface area contributed by atoms with E-state index in [9.17, 15) is 9.50 Å². The van der Waals surface area contributed by atoms with Crippen molar-refractivity contribution in [1.82, 2.24) is 4.90 Å². The summed E-state index contributed by atoms with van der Waals surface area (Å²) in [6.07, 6.45) is 3.21. The number of fused-ring (bicyclic) bond motifs is 2. The third-order valence-corrected chi connectivity index (χ3v) is 4.73. The van der Waals surface area contributed by atoms with Gasteiger partial charge in [-0.1, -0.05) is 0 Å². The van der Waals surface area contributed by atoms with Crippen molar-refractivity contribution in [3.63, 3.8) is 0 Å². The zero-order chi connectivity index (χ0) is 13.6. The van der Waals surface area contributed by atoms with Crippen molar-refractivity contribution < 1.29 is 9.50 Å². The Morgan fingerprint density at radius 3 is 2.58 bits per heavy atom. The van der Waals surface area contributed by atoms with Gasteiger partial charge in [0.15, 0.2) is 0 Å². The van der Waals surface area contributed by atoms with Gasteiger partial charge in [-0.3, -0.25) is 0 Å². The average molecular weight is 260 g/mol. The Balaban J connectivity index is 2.00. The summed E-state index contributed by atoms with van der Waals surface area (Å²) in [5.41, 5.74) is -0.442. The van der Waals surface area contributed by atoms with Crippen LogP contribution in [0.25, 0.3) is 0 Å². The van der Waals surface area contributed by atoms with E-state index in [-0.39, 0.29) is 5.56 Å². The first kappa shape index (κ1) is 12.6.